The molecule has 98 valence electrons. The molecule has 0 aliphatic carbocycles. The lowest BCUT2D eigenvalue weighted by Crippen LogP contribution is -2.36. The van der Waals surface area contributed by atoms with Crippen LogP contribution in [0.4, 0.5) is 5.69 Å². The summed E-state index contributed by atoms with van der Waals surface area (Å²) in [6.07, 6.45) is 2.03. The second-order valence-electron chi connectivity index (χ2n) is 4.64. The number of anilines is 1. The third kappa shape index (κ3) is 3.02. The fraction of sp³-hybridized carbons (Fsp3) is 0.462. The molecule has 1 aliphatic heterocycles. The van der Waals surface area contributed by atoms with Gasteiger partial charge in [-0.05, 0) is 37.0 Å². The highest BCUT2D eigenvalue weighted by Gasteiger charge is 2.21. The van der Waals surface area contributed by atoms with E-state index in [0.29, 0.717) is 10.9 Å². The van der Waals surface area contributed by atoms with Gasteiger partial charge in [-0.15, -0.1) is 0 Å². The van der Waals surface area contributed by atoms with Crippen molar-refractivity contribution in [2.75, 3.05) is 24.6 Å². The molecule has 0 aromatic heterocycles. The van der Waals surface area contributed by atoms with Crippen LogP contribution in [-0.4, -0.2) is 29.8 Å². The Labute approximate surface area is 121 Å². The van der Waals surface area contributed by atoms with E-state index in [9.17, 15) is 0 Å². The van der Waals surface area contributed by atoms with Crippen molar-refractivity contribution in [1.29, 1.82) is 0 Å². The molecular weight excluding hydrogens is 312 g/mol. The minimum absolute atomic E-state index is 0.286. The van der Waals surface area contributed by atoms with E-state index >= 15 is 0 Å². The van der Waals surface area contributed by atoms with Gasteiger partial charge in [0.05, 0.1) is 0 Å². The third-order valence-electron chi connectivity index (χ3n) is 3.44. The minimum Gasteiger partial charge on any atom is -0.396 e. The van der Waals surface area contributed by atoms with E-state index in [0.717, 1.165) is 41.7 Å². The van der Waals surface area contributed by atoms with Gasteiger partial charge in [-0.25, -0.2) is 0 Å². The second-order valence-corrected chi connectivity index (χ2v) is 5.99. The van der Waals surface area contributed by atoms with Crippen molar-refractivity contribution in [3.8, 4) is 0 Å². The zero-order chi connectivity index (χ0) is 13.1. The lowest BCUT2D eigenvalue weighted by atomic mass is 9.97. The van der Waals surface area contributed by atoms with Gasteiger partial charge in [-0.2, -0.15) is 0 Å². The lowest BCUT2D eigenvalue weighted by molar-refractivity contribution is 0.203. The molecule has 3 N–H and O–H groups in total. The molecule has 3 nitrogen and oxygen atoms in total. The predicted molar refractivity (Wildman–Crippen MR) is 82.1 cm³/mol. The number of halogens is 1. The third-order valence-corrected chi connectivity index (χ3v) is 4.15. The van der Waals surface area contributed by atoms with Gasteiger partial charge >= 0.3 is 0 Å². The second kappa shape index (κ2) is 5.99. The summed E-state index contributed by atoms with van der Waals surface area (Å²) in [5.41, 5.74) is 7.79. The summed E-state index contributed by atoms with van der Waals surface area (Å²) in [5, 5.41) is 9.17. The first-order valence-corrected chi connectivity index (χ1v) is 7.27. The maximum Gasteiger partial charge on any atom is 0.106 e. The van der Waals surface area contributed by atoms with Crippen LogP contribution >= 0.6 is 28.1 Å². The molecule has 0 spiro atoms. The Morgan fingerprint density at radius 1 is 1.44 bits per heavy atom. The first-order valence-electron chi connectivity index (χ1n) is 6.07. The van der Waals surface area contributed by atoms with Crippen LogP contribution in [0.2, 0.25) is 0 Å². The number of aliphatic hydroxyl groups is 1. The number of nitrogens with two attached hydrogens (primary N) is 1. The maximum absolute atomic E-state index is 9.17. The fourth-order valence-electron chi connectivity index (χ4n) is 2.33. The molecule has 0 unspecified atom stereocenters. The minimum atomic E-state index is 0.286. The molecule has 0 bridgehead atoms. The van der Waals surface area contributed by atoms with Gasteiger partial charge in [0.2, 0.25) is 0 Å². The molecular formula is C13H17BrN2OS. The van der Waals surface area contributed by atoms with Crippen LogP contribution in [0.5, 0.6) is 0 Å². The molecule has 2 rings (SSSR count). The zero-order valence-electron chi connectivity index (χ0n) is 10.1. The van der Waals surface area contributed by atoms with Crippen LogP contribution in [0.25, 0.3) is 0 Å². The maximum atomic E-state index is 9.17. The Hall–Kier alpha value is -0.650. The van der Waals surface area contributed by atoms with Crippen LogP contribution in [-0.2, 0) is 0 Å². The van der Waals surface area contributed by atoms with Crippen molar-refractivity contribution < 1.29 is 5.11 Å². The number of thiocarbonyl (C=S) groups is 1. The molecule has 1 aliphatic rings. The highest BCUT2D eigenvalue weighted by molar-refractivity contribution is 9.10. The molecule has 1 aromatic rings. The van der Waals surface area contributed by atoms with Gasteiger partial charge < -0.3 is 15.7 Å². The lowest BCUT2D eigenvalue weighted by Gasteiger charge is -2.34. The summed E-state index contributed by atoms with van der Waals surface area (Å²) < 4.78 is 1.03. The first kappa shape index (κ1) is 13.8. The van der Waals surface area contributed by atoms with Crippen LogP contribution in [0.1, 0.15) is 18.4 Å². The number of aliphatic hydroxyl groups excluding tert-OH is 1. The van der Waals surface area contributed by atoms with Crippen LogP contribution in [0.3, 0.4) is 0 Å². The van der Waals surface area contributed by atoms with Crippen molar-refractivity contribution in [3.63, 3.8) is 0 Å². The summed E-state index contributed by atoms with van der Waals surface area (Å²) in [6, 6.07) is 5.98. The van der Waals surface area contributed by atoms with Gasteiger partial charge in [0.25, 0.3) is 0 Å². The molecule has 1 fully saturated rings. The monoisotopic (exact) mass is 328 g/mol. The van der Waals surface area contributed by atoms with E-state index < -0.39 is 0 Å². The standard InChI is InChI=1S/C13H17BrN2OS/c14-10-1-2-11(13(15)18)12(7-10)16-5-3-9(8-17)4-6-16/h1-2,7,9,17H,3-6,8H2,(H2,15,18). The smallest absolute Gasteiger partial charge is 0.106 e. The van der Waals surface area contributed by atoms with Gasteiger partial charge in [-0.1, -0.05) is 28.1 Å². The van der Waals surface area contributed by atoms with Crippen LogP contribution < -0.4 is 10.6 Å². The fourth-order valence-corrected chi connectivity index (χ4v) is 2.85. The highest BCUT2D eigenvalue weighted by atomic mass is 79.9. The Morgan fingerprint density at radius 3 is 2.67 bits per heavy atom. The molecule has 1 heterocycles. The number of piperidine rings is 1. The van der Waals surface area contributed by atoms with Gasteiger partial charge in [-0.3, -0.25) is 0 Å². The predicted octanol–water partition coefficient (Wildman–Crippen LogP) is 2.29. The molecule has 0 amide bonds. The number of hydrogen-bond acceptors (Lipinski definition) is 3. The molecule has 18 heavy (non-hydrogen) atoms. The Balaban J connectivity index is 2.22. The van der Waals surface area contributed by atoms with Gasteiger partial charge in [0.1, 0.15) is 4.99 Å². The summed E-state index contributed by atoms with van der Waals surface area (Å²) in [5.74, 6) is 0.432. The number of benzene rings is 1. The summed E-state index contributed by atoms with van der Waals surface area (Å²) in [6.45, 7) is 2.17. The average molecular weight is 329 g/mol. The molecule has 0 saturated carbocycles. The SMILES string of the molecule is NC(=S)c1ccc(Br)cc1N1CCC(CO)CC1. The van der Waals surface area contributed by atoms with E-state index in [1.165, 1.54) is 0 Å². The number of nitrogens with zero attached hydrogens (tertiary/aromatic N) is 1. The van der Waals surface area contributed by atoms with E-state index in [1.54, 1.807) is 0 Å². The average Bonchev–Trinajstić information content (AvgIpc) is 2.38. The number of rotatable bonds is 3. The van der Waals surface area contributed by atoms with E-state index in [1.807, 2.05) is 12.1 Å². The van der Waals surface area contributed by atoms with E-state index in [2.05, 4.69) is 26.9 Å². The topological polar surface area (TPSA) is 49.5 Å². The Bertz CT molecular complexity index is 445. The first-order chi connectivity index (χ1) is 8.61. The Morgan fingerprint density at radius 2 is 2.11 bits per heavy atom. The molecule has 0 atom stereocenters. The van der Waals surface area contributed by atoms with Gasteiger partial charge in [0.15, 0.2) is 0 Å². The van der Waals surface area contributed by atoms with Gasteiger partial charge in [0, 0.05) is 35.4 Å². The molecule has 5 heteroatoms. The summed E-state index contributed by atoms with van der Waals surface area (Å²) >= 11 is 8.59. The van der Waals surface area contributed by atoms with E-state index in [-0.39, 0.29) is 6.61 Å². The van der Waals surface area contributed by atoms with Crippen LogP contribution in [0, 0.1) is 5.92 Å². The summed E-state index contributed by atoms with van der Waals surface area (Å²) in [7, 11) is 0. The van der Waals surface area contributed by atoms with Crippen molar-refractivity contribution in [1.82, 2.24) is 0 Å². The van der Waals surface area contributed by atoms with E-state index in [4.69, 9.17) is 23.1 Å². The van der Waals surface area contributed by atoms with Crippen molar-refractivity contribution in [2.45, 2.75) is 12.8 Å². The highest BCUT2D eigenvalue weighted by Crippen LogP contribution is 2.29. The summed E-state index contributed by atoms with van der Waals surface area (Å²) in [4.78, 5) is 2.73. The molecule has 1 aromatic carbocycles. The van der Waals surface area contributed by atoms with Crippen LogP contribution in [0.15, 0.2) is 22.7 Å². The van der Waals surface area contributed by atoms with Crippen molar-refractivity contribution in [3.05, 3.63) is 28.2 Å². The van der Waals surface area contributed by atoms with Crippen molar-refractivity contribution >= 4 is 38.8 Å². The normalized spacial score (nSPS) is 16.9. The quantitative estimate of drug-likeness (QED) is 0.836. The Kier molecular flexibility index (Phi) is 4.59. The van der Waals surface area contributed by atoms with Crippen molar-refractivity contribution in [2.24, 2.45) is 11.7 Å². The number of hydrogen-bond donors (Lipinski definition) is 2. The largest absolute Gasteiger partial charge is 0.396 e. The molecule has 0 radical (unpaired) electrons. The molecule has 1 saturated heterocycles. The zero-order valence-corrected chi connectivity index (χ0v) is 12.5.